The van der Waals surface area contributed by atoms with Gasteiger partial charge in [0.05, 0.1) is 10.6 Å². The summed E-state index contributed by atoms with van der Waals surface area (Å²) in [5.41, 5.74) is 4.53. The first kappa shape index (κ1) is 20.3. The average molecular weight is 535 g/mol. The van der Waals surface area contributed by atoms with Gasteiger partial charge in [-0.15, -0.1) is 0 Å². The predicted molar refractivity (Wildman–Crippen MR) is 128 cm³/mol. The van der Waals surface area contributed by atoms with E-state index in [2.05, 4.69) is 51.4 Å². The maximum Gasteiger partial charge on any atom is 0.298 e. The number of nitrogens with zero attached hydrogens (tertiary/aromatic N) is 2. The maximum atomic E-state index is 12.9. The summed E-state index contributed by atoms with van der Waals surface area (Å²) in [5.74, 6) is -0.332. The van der Waals surface area contributed by atoms with E-state index in [9.17, 15) is 9.59 Å². The number of hydrogen-bond donors (Lipinski definition) is 0. The van der Waals surface area contributed by atoms with Crippen molar-refractivity contribution in [1.82, 2.24) is 4.57 Å². The highest BCUT2D eigenvalue weighted by atomic mass is 127. The summed E-state index contributed by atoms with van der Waals surface area (Å²) < 4.78 is 3.31. The number of carbonyl (C=O) groups is 2. The molecule has 0 saturated carbocycles. The summed E-state index contributed by atoms with van der Waals surface area (Å²) >= 11 is 9.24. The monoisotopic (exact) mass is 534 g/mol. The quantitative estimate of drug-likeness (QED) is 0.281. The van der Waals surface area contributed by atoms with Gasteiger partial charge in [-0.3, -0.25) is 9.59 Å². The first-order valence-electron chi connectivity index (χ1n) is 8.83. The number of carbonyl (C=O) groups excluding carboxylic acids is 2. The summed E-state index contributed by atoms with van der Waals surface area (Å²) in [6.45, 7) is 4.04. The molecule has 146 valence electrons. The molecule has 1 fully saturated rings. The molecule has 4 nitrogen and oxygen atoms in total. The van der Waals surface area contributed by atoms with Crippen molar-refractivity contribution in [2.24, 2.45) is 0 Å². The second-order valence-corrected chi connectivity index (χ2v) is 9.31. The molecule has 7 heteroatoms. The van der Waals surface area contributed by atoms with Gasteiger partial charge >= 0.3 is 0 Å². The molecule has 0 radical (unpaired) electrons. The Kier molecular flexibility index (Phi) is 5.59. The fourth-order valence-corrected chi connectivity index (χ4v) is 4.74. The molecule has 0 unspecified atom stereocenters. The van der Waals surface area contributed by atoms with Crippen molar-refractivity contribution in [2.75, 3.05) is 4.90 Å². The van der Waals surface area contributed by atoms with Crippen LogP contribution in [0.25, 0.3) is 11.8 Å². The molecule has 3 aromatic rings. The Hall–Kier alpha value is -2.03. The fraction of sp³-hybridized carbons (Fsp3) is 0.0909. The summed E-state index contributed by atoms with van der Waals surface area (Å²) in [5, 5.41) is 0.154. The van der Waals surface area contributed by atoms with Gasteiger partial charge in [-0.2, -0.15) is 0 Å². The number of amides is 2. The molecular weight excluding hydrogens is 519 g/mol. The number of halogens is 2. The molecule has 0 spiro atoms. The van der Waals surface area contributed by atoms with E-state index >= 15 is 0 Å². The van der Waals surface area contributed by atoms with Gasteiger partial charge in [-0.25, -0.2) is 4.90 Å². The summed E-state index contributed by atoms with van der Waals surface area (Å²) in [6, 6.07) is 17.0. The van der Waals surface area contributed by atoms with Crippen molar-refractivity contribution in [3.05, 3.63) is 85.0 Å². The molecule has 0 aliphatic carbocycles. The van der Waals surface area contributed by atoms with E-state index in [1.54, 1.807) is 30.3 Å². The number of thioether (sulfide) groups is 1. The molecule has 1 aliphatic heterocycles. The van der Waals surface area contributed by atoms with Crippen LogP contribution in [0.3, 0.4) is 0 Å². The third-order valence-electron chi connectivity index (χ3n) is 4.70. The number of hydrogen-bond acceptors (Lipinski definition) is 3. The fourth-order valence-electron chi connectivity index (χ4n) is 3.37. The molecule has 2 amide bonds. The number of aryl methyl sites for hydroxylation is 1. The van der Waals surface area contributed by atoms with Crippen LogP contribution in [0, 0.1) is 17.4 Å². The van der Waals surface area contributed by atoms with Gasteiger partial charge in [-0.1, -0.05) is 17.7 Å². The topological polar surface area (TPSA) is 42.3 Å². The molecule has 2 heterocycles. The normalized spacial score (nSPS) is 15.6. The van der Waals surface area contributed by atoms with Crippen molar-refractivity contribution in [1.29, 1.82) is 0 Å². The zero-order valence-corrected chi connectivity index (χ0v) is 19.4. The molecule has 1 saturated heterocycles. The maximum absolute atomic E-state index is 12.9. The minimum atomic E-state index is -0.332. The van der Waals surface area contributed by atoms with E-state index in [1.165, 1.54) is 8.47 Å². The van der Waals surface area contributed by atoms with Gasteiger partial charge < -0.3 is 4.57 Å². The van der Waals surface area contributed by atoms with Crippen LogP contribution in [0.1, 0.15) is 17.0 Å². The first-order chi connectivity index (χ1) is 13.8. The van der Waals surface area contributed by atoms with Gasteiger partial charge in [0.1, 0.15) is 0 Å². The smallest absolute Gasteiger partial charge is 0.298 e. The van der Waals surface area contributed by atoms with Gasteiger partial charge in [0.15, 0.2) is 0 Å². The lowest BCUT2D eigenvalue weighted by Crippen LogP contribution is -2.27. The van der Waals surface area contributed by atoms with Crippen molar-refractivity contribution in [2.45, 2.75) is 13.8 Å². The Morgan fingerprint density at radius 3 is 2.41 bits per heavy atom. The van der Waals surface area contributed by atoms with E-state index in [0.717, 1.165) is 34.4 Å². The third kappa shape index (κ3) is 3.89. The molecule has 0 N–H and O–H groups in total. The molecule has 1 aliphatic rings. The van der Waals surface area contributed by atoms with Gasteiger partial charge in [0.2, 0.25) is 0 Å². The SMILES string of the molecule is Cc1cc(/C=C2\SC(=O)N(c3cccc(Cl)c3)C2=O)c(C)n1-c1ccc(I)cc1. The van der Waals surface area contributed by atoms with Crippen molar-refractivity contribution in [3.8, 4) is 5.69 Å². The van der Waals surface area contributed by atoms with E-state index < -0.39 is 0 Å². The molecule has 0 atom stereocenters. The summed E-state index contributed by atoms with van der Waals surface area (Å²) in [4.78, 5) is 27.0. The van der Waals surface area contributed by atoms with Crippen LogP contribution in [0.2, 0.25) is 5.02 Å². The summed E-state index contributed by atoms with van der Waals surface area (Å²) in [6.07, 6.45) is 1.79. The third-order valence-corrected chi connectivity index (χ3v) is 6.53. The average Bonchev–Trinajstić information content (AvgIpc) is 3.11. The Balaban J connectivity index is 1.70. The lowest BCUT2D eigenvalue weighted by molar-refractivity contribution is -0.113. The molecular formula is C22H16ClIN2O2S. The van der Waals surface area contributed by atoms with Crippen LogP contribution in [0.15, 0.2) is 59.5 Å². The van der Waals surface area contributed by atoms with Crippen molar-refractivity contribution in [3.63, 3.8) is 0 Å². The van der Waals surface area contributed by atoms with Crippen LogP contribution in [0.5, 0.6) is 0 Å². The lowest BCUT2D eigenvalue weighted by Gasteiger charge is -2.12. The minimum absolute atomic E-state index is 0.324. The number of aromatic nitrogens is 1. The zero-order valence-electron chi connectivity index (χ0n) is 15.6. The van der Waals surface area contributed by atoms with Crippen molar-refractivity contribution < 1.29 is 9.59 Å². The largest absolute Gasteiger partial charge is 0.318 e. The number of benzene rings is 2. The van der Waals surface area contributed by atoms with Crippen LogP contribution in [-0.4, -0.2) is 15.7 Å². The van der Waals surface area contributed by atoms with E-state index in [1.807, 2.05) is 19.9 Å². The predicted octanol–water partition coefficient (Wildman–Crippen LogP) is 6.59. The Labute approximate surface area is 191 Å². The van der Waals surface area contributed by atoms with Crippen LogP contribution in [0.4, 0.5) is 10.5 Å². The Morgan fingerprint density at radius 2 is 1.72 bits per heavy atom. The van der Waals surface area contributed by atoms with Gasteiger partial charge in [0, 0.05) is 25.7 Å². The number of anilines is 1. The standard InChI is InChI=1S/C22H16ClIN2O2S/c1-13-10-15(14(2)25(13)18-8-6-17(24)7-9-18)11-20-21(27)26(22(28)29-20)19-5-3-4-16(23)12-19/h3-12H,1-2H3/b20-11-. The molecule has 1 aromatic heterocycles. The number of rotatable bonds is 3. The lowest BCUT2D eigenvalue weighted by atomic mass is 10.2. The summed E-state index contributed by atoms with van der Waals surface area (Å²) in [7, 11) is 0. The van der Waals surface area contributed by atoms with Crippen LogP contribution < -0.4 is 4.90 Å². The highest BCUT2D eigenvalue weighted by Gasteiger charge is 2.36. The van der Waals surface area contributed by atoms with E-state index in [-0.39, 0.29) is 11.1 Å². The molecule has 2 aromatic carbocycles. The Morgan fingerprint density at radius 1 is 1.00 bits per heavy atom. The molecule has 4 rings (SSSR count). The molecule has 29 heavy (non-hydrogen) atoms. The molecule has 0 bridgehead atoms. The van der Waals surface area contributed by atoms with Crippen LogP contribution >= 0.6 is 46.0 Å². The van der Waals surface area contributed by atoms with E-state index in [0.29, 0.717) is 15.6 Å². The highest BCUT2D eigenvalue weighted by molar-refractivity contribution is 14.1. The van der Waals surface area contributed by atoms with Gasteiger partial charge in [0.25, 0.3) is 11.1 Å². The second-order valence-electron chi connectivity index (χ2n) is 6.64. The highest BCUT2D eigenvalue weighted by Crippen LogP contribution is 2.37. The van der Waals surface area contributed by atoms with Crippen LogP contribution in [-0.2, 0) is 4.79 Å². The van der Waals surface area contributed by atoms with E-state index in [4.69, 9.17) is 11.6 Å². The van der Waals surface area contributed by atoms with Crippen molar-refractivity contribution >= 4 is 68.9 Å². The second kappa shape index (κ2) is 8.01. The first-order valence-corrected chi connectivity index (χ1v) is 11.1. The van der Waals surface area contributed by atoms with Gasteiger partial charge in [-0.05, 0) is 108 Å². The Bertz CT molecular complexity index is 1170. The zero-order chi connectivity index (χ0) is 20.7. The minimum Gasteiger partial charge on any atom is -0.318 e. The number of imide groups is 1.